The third kappa shape index (κ3) is 4.30. The standard InChI is InChI=1S/C14H22N2O2/c1-10(2)18-8-7-16-14-6-5-12(9-13(14)15)11(3)17-4/h5-6,9-10,16H,3,7-8,15H2,1-2,4H3. The monoisotopic (exact) mass is 250 g/mol. The van der Waals surface area contributed by atoms with E-state index in [0.29, 0.717) is 18.1 Å². The molecule has 4 nitrogen and oxygen atoms in total. The molecule has 18 heavy (non-hydrogen) atoms. The second-order valence-corrected chi connectivity index (χ2v) is 4.28. The van der Waals surface area contributed by atoms with Gasteiger partial charge in [0.1, 0.15) is 5.76 Å². The molecule has 0 aliphatic carbocycles. The van der Waals surface area contributed by atoms with Gasteiger partial charge in [0.05, 0.1) is 31.2 Å². The third-order valence-electron chi connectivity index (χ3n) is 2.49. The Kier molecular flexibility index (Phi) is 5.52. The van der Waals surface area contributed by atoms with Crippen molar-refractivity contribution in [3.8, 4) is 0 Å². The number of anilines is 2. The van der Waals surface area contributed by atoms with Gasteiger partial charge in [0.15, 0.2) is 0 Å². The quantitative estimate of drug-likeness (QED) is 0.444. The van der Waals surface area contributed by atoms with Gasteiger partial charge in [-0.2, -0.15) is 0 Å². The Morgan fingerprint density at radius 3 is 2.72 bits per heavy atom. The van der Waals surface area contributed by atoms with Crippen LogP contribution in [0.3, 0.4) is 0 Å². The SMILES string of the molecule is C=C(OC)c1ccc(NCCOC(C)C)c(N)c1. The zero-order valence-electron chi connectivity index (χ0n) is 11.3. The summed E-state index contributed by atoms with van der Waals surface area (Å²) in [5.41, 5.74) is 8.42. The summed E-state index contributed by atoms with van der Waals surface area (Å²) in [5.74, 6) is 0.608. The molecule has 1 rings (SSSR count). The molecule has 4 heteroatoms. The molecule has 0 heterocycles. The maximum Gasteiger partial charge on any atom is 0.118 e. The van der Waals surface area contributed by atoms with Crippen molar-refractivity contribution in [2.45, 2.75) is 20.0 Å². The molecule has 0 aliphatic rings. The first kappa shape index (κ1) is 14.4. The number of nitrogens with two attached hydrogens (primary N) is 1. The lowest BCUT2D eigenvalue weighted by Crippen LogP contribution is -2.14. The van der Waals surface area contributed by atoms with Gasteiger partial charge in [-0.1, -0.05) is 6.58 Å². The summed E-state index contributed by atoms with van der Waals surface area (Å²) in [6.07, 6.45) is 0.247. The molecule has 0 unspecified atom stereocenters. The first-order valence-electron chi connectivity index (χ1n) is 6.03. The Bertz CT molecular complexity index is 403. The van der Waals surface area contributed by atoms with E-state index in [1.165, 1.54) is 0 Å². The molecule has 0 saturated heterocycles. The van der Waals surface area contributed by atoms with E-state index >= 15 is 0 Å². The van der Waals surface area contributed by atoms with Crippen LogP contribution in [-0.4, -0.2) is 26.4 Å². The van der Waals surface area contributed by atoms with Gasteiger partial charge in [-0.3, -0.25) is 0 Å². The first-order valence-corrected chi connectivity index (χ1v) is 6.03. The molecular weight excluding hydrogens is 228 g/mol. The minimum Gasteiger partial charge on any atom is -0.497 e. The summed E-state index contributed by atoms with van der Waals surface area (Å²) >= 11 is 0. The van der Waals surface area contributed by atoms with Crippen molar-refractivity contribution in [2.75, 3.05) is 31.3 Å². The highest BCUT2D eigenvalue weighted by Gasteiger charge is 2.03. The van der Waals surface area contributed by atoms with Gasteiger partial charge < -0.3 is 20.5 Å². The molecule has 0 aromatic heterocycles. The van der Waals surface area contributed by atoms with Gasteiger partial charge in [0.2, 0.25) is 0 Å². The molecule has 0 radical (unpaired) electrons. The highest BCUT2D eigenvalue weighted by atomic mass is 16.5. The lowest BCUT2D eigenvalue weighted by Gasteiger charge is -2.13. The largest absolute Gasteiger partial charge is 0.497 e. The van der Waals surface area contributed by atoms with Crippen molar-refractivity contribution in [3.63, 3.8) is 0 Å². The molecule has 0 saturated carbocycles. The lowest BCUT2D eigenvalue weighted by molar-refractivity contribution is 0.0871. The number of nitrogen functional groups attached to an aromatic ring is 1. The number of ether oxygens (including phenoxy) is 2. The van der Waals surface area contributed by atoms with Gasteiger partial charge in [-0.15, -0.1) is 0 Å². The van der Waals surface area contributed by atoms with Crippen LogP contribution < -0.4 is 11.1 Å². The summed E-state index contributed by atoms with van der Waals surface area (Å²) < 4.78 is 10.5. The van der Waals surface area contributed by atoms with Gasteiger partial charge >= 0.3 is 0 Å². The smallest absolute Gasteiger partial charge is 0.118 e. The molecule has 0 bridgehead atoms. The van der Waals surface area contributed by atoms with Crippen molar-refractivity contribution >= 4 is 17.1 Å². The average Bonchev–Trinajstić information content (AvgIpc) is 2.34. The van der Waals surface area contributed by atoms with E-state index in [2.05, 4.69) is 11.9 Å². The predicted molar refractivity (Wildman–Crippen MR) is 76.5 cm³/mol. The van der Waals surface area contributed by atoms with Crippen LogP contribution in [-0.2, 0) is 9.47 Å². The number of hydrogen-bond acceptors (Lipinski definition) is 4. The third-order valence-corrected chi connectivity index (χ3v) is 2.49. The maximum absolute atomic E-state index is 5.96. The van der Waals surface area contributed by atoms with Crippen molar-refractivity contribution in [1.82, 2.24) is 0 Å². The van der Waals surface area contributed by atoms with E-state index < -0.39 is 0 Å². The predicted octanol–water partition coefficient (Wildman–Crippen LogP) is 2.72. The van der Waals surface area contributed by atoms with Crippen LogP contribution in [0, 0.1) is 0 Å². The Hall–Kier alpha value is -1.68. The highest BCUT2D eigenvalue weighted by molar-refractivity contribution is 5.72. The summed E-state index contributed by atoms with van der Waals surface area (Å²) in [4.78, 5) is 0. The van der Waals surface area contributed by atoms with Crippen molar-refractivity contribution in [1.29, 1.82) is 0 Å². The van der Waals surface area contributed by atoms with Crippen molar-refractivity contribution < 1.29 is 9.47 Å². The van der Waals surface area contributed by atoms with Gasteiger partial charge in [0, 0.05) is 12.1 Å². The number of benzene rings is 1. The topological polar surface area (TPSA) is 56.5 Å². The summed E-state index contributed by atoms with van der Waals surface area (Å²) in [6.45, 7) is 9.20. The fourth-order valence-electron chi connectivity index (χ4n) is 1.50. The number of nitrogens with one attached hydrogen (secondary N) is 1. The van der Waals surface area contributed by atoms with Gasteiger partial charge in [-0.05, 0) is 32.0 Å². The number of rotatable bonds is 7. The van der Waals surface area contributed by atoms with Crippen molar-refractivity contribution in [3.05, 3.63) is 30.3 Å². The second-order valence-electron chi connectivity index (χ2n) is 4.28. The molecule has 100 valence electrons. The van der Waals surface area contributed by atoms with Gasteiger partial charge in [0.25, 0.3) is 0 Å². The first-order chi connectivity index (χ1) is 8.54. The Balaban J connectivity index is 2.55. The zero-order valence-corrected chi connectivity index (χ0v) is 11.3. The molecule has 1 aromatic carbocycles. The van der Waals surface area contributed by atoms with E-state index in [4.69, 9.17) is 15.2 Å². The van der Waals surface area contributed by atoms with E-state index in [0.717, 1.165) is 17.8 Å². The van der Waals surface area contributed by atoms with E-state index in [1.807, 2.05) is 32.0 Å². The molecule has 0 aliphatic heterocycles. The van der Waals surface area contributed by atoms with Crippen molar-refractivity contribution in [2.24, 2.45) is 0 Å². The maximum atomic E-state index is 5.96. The fourth-order valence-corrected chi connectivity index (χ4v) is 1.50. The number of hydrogen-bond donors (Lipinski definition) is 2. The summed E-state index contributed by atoms with van der Waals surface area (Å²) in [5, 5.41) is 3.23. The Morgan fingerprint density at radius 1 is 1.44 bits per heavy atom. The molecule has 3 N–H and O–H groups in total. The zero-order chi connectivity index (χ0) is 13.5. The minimum absolute atomic E-state index is 0.247. The van der Waals surface area contributed by atoms with Crippen LogP contribution >= 0.6 is 0 Å². The molecule has 0 amide bonds. The fraction of sp³-hybridized carbons (Fsp3) is 0.429. The Morgan fingerprint density at radius 2 is 2.17 bits per heavy atom. The van der Waals surface area contributed by atoms with Crippen LogP contribution in [0.25, 0.3) is 5.76 Å². The van der Waals surface area contributed by atoms with Crippen LogP contribution in [0.1, 0.15) is 19.4 Å². The van der Waals surface area contributed by atoms with Crippen LogP contribution in [0.5, 0.6) is 0 Å². The number of methoxy groups -OCH3 is 1. The average molecular weight is 250 g/mol. The second kappa shape index (κ2) is 6.91. The Labute approximate surface area is 109 Å². The minimum atomic E-state index is 0.247. The lowest BCUT2D eigenvalue weighted by atomic mass is 10.1. The molecule has 0 atom stereocenters. The van der Waals surface area contributed by atoms with Crippen LogP contribution in [0.15, 0.2) is 24.8 Å². The molecular formula is C14H22N2O2. The summed E-state index contributed by atoms with van der Waals surface area (Å²) in [6, 6.07) is 5.69. The van der Waals surface area contributed by atoms with E-state index in [-0.39, 0.29) is 6.10 Å². The van der Waals surface area contributed by atoms with Gasteiger partial charge in [-0.25, -0.2) is 0 Å². The van der Waals surface area contributed by atoms with Crippen LogP contribution in [0.2, 0.25) is 0 Å². The van der Waals surface area contributed by atoms with E-state index in [9.17, 15) is 0 Å². The molecule has 0 spiro atoms. The molecule has 0 fully saturated rings. The van der Waals surface area contributed by atoms with E-state index in [1.54, 1.807) is 7.11 Å². The summed E-state index contributed by atoms with van der Waals surface area (Å²) in [7, 11) is 1.59. The highest BCUT2D eigenvalue weighted by Crippen LogP contribution is 2.23. The normalized spacial score (nSPS) is 10.4. The van der Waals surface area contributed by atoms with Crippen LogP contribution in [0.4, 0.5) is 11.4 Å². The molecule has 1 aromatic rings.